The Hall–Kier alpha value is -1.59. The number of hydrogen-bond donors (Lipinski definition) is 2. The summed E-state index contributed by atoms with van der Waals surface area (Å²) in [5, 5.41) is 9.02. The fourth-order valence-electron chi connectivity index (χ4n) is 2.75. The summed E-state index contributed by atoms with van der Waals surface area (Å²) in [6.07, 6.45) is 1.46. The number of carbonyl (C=O) groups is 1. The van der Waals surface area contributed by atoms with Crippen LogP contribution in [0, 0.1) is 5.92 Å². The zero-order chi connectivity index (χ0) is 15.2. The van der Waals surface area contributed by atoms with Gasteiger partial charge in [0.05, 0.1) is 12.5 Å². The second-order valence-electron chi connectivity index (χ2n) is 5.47. The third kappa shape index (κ3) is 4.19. The molecule has 116 valence electrons. The Balaban J connectivity index is 1.97. The molecule has 1 fully saturated rings. The van der Waals surface area contributed by atoms with E-state index < -0.39 is 5.97 Å². The van der Waals surface area contributed by atoms with E-state index in [2.05, 4.69) is 17.0 Å². The van der Waals surface area contributed by atoms with Crippen LogP contribution < -0.4 is 10.5 Å². The van der Waals surface area contributed by atoms with Gasteiger partial charge in [-0.1, -0.05) is 12.1 Å². The second kappa shape index (κ2) is 7.43. The molecule has 2 rings (SSSR count). The number of carboxylic acids is 1. The maximum atomic E-state index is 11.0. The summed E-state index contributed by atoms with van der Waals surface area (Å²) < 4.78 is 5.63. The van der Waals surface area contributed by atoms with Crippen LogP contribution in [0.4, 0.5) is 0 Å². The lowest BCUT2D eigenvalue weighted by atomic mass is 9.96. The summed E-state index contributed by atoms with van der Waals surface area (Å²) in [6.45, 7) is 5.56. The molecule has 1 saturated heterocycles. The molecule has 21 heavy (non-hydrogen) atoms. The van der Waals surface area contributed by atoms with Crippen LogP contribution >= 0.6 is 0 Å². The summed E-state index contributed by atoms with van der Waals surface area (Å²) in [5.74, 6) is 0.0124. The Kier molecular flexibility index (Phi) is 5.59. The fourth-order valence-corrected chi connectivity index (χ4v) is 2.75. The summed E-state index contributed by atoms with van der Waals surface area (Å²) in [5.41, 5.74) is 7.92. The molecule has 0 saturated carbocycles. The molecule has 5 nitrogen and oxygen atoms in total. The number of likely N-dealkylation sites (tertiary alicyclic amines) is 1. The standard InChI is InChI=1S/C16H24N2O3/c1-2-21-15-9-12(3-4-14(15)10-17)11-18-7-5-13(6-8-18)16(19)20/h3-4,9,13H,2,5-8,10-11,17H2,1H3,(H,19,20). The van der Waals surface area contributed by atoms with Crippen molar-refractivity contribution in [3.05, 3.63) is 29.3 Å². The maximum Gasteiger partial charge on any atom is 0.306 e. The minimum absolute atomic E-state index is 0.181. The van der Waals surface area contributed by atoms with Crippen molar-refractivity contribution in [2.24, 2.45) is 11.7 Å². The van der Waals surface area contributed by atoms with E-state index in [1.807, 2.05) is 13.0 Å². The Morgan fingerprint density at radius 2 is 2.14 bits per heavy atom. The third-order valence-electron chi connectivity index (χ3n) is 3.99. The predicted molar refractivity (Wildman–Crippen MR) is 81.1 cm³/mol. The number of aliphatic carboxylic acids is 1. The van der Waals surface area contributed by atoms with Crippen molar-refractivity contribution in [1.29, 1.82) is 0 Å². The van der Waals surface area contributed by atoms with Gasteiger partial charge in [-0.15, -0.1) is 0 Å². The summed E-state index contributed by atoms with van der Waals surface area (Å²) in [4.78, 5) is 13.3. The molecule has 0 unspecified atom stereocenters. The fraction of sp³-hybridized carbons (Fsp3) is 0.562. The van der Waals surface area contributed by atoms with E-state index in [9.17, 15) is 4.79 Å². The van der Waals surface area contributed by atoms with E-state index in [-0.39, 0.29) is 5.92 Å². The average Bonchev–Trinajstić information content (AvgIpc) is 2.48. The van der Waals surface area contributed by atoms with Crippen LogP contribution in [0.1, 0.15) is 30.9 Å². The first-order valence-electron chi connectivity index (χ1n) is 7.53. The zero-order valence-corrected chi connectivity index (χ0v) is 12.5. The van der Waals surface area contributed by atoms with Crippen molar-refractivity contribution in [2.45, 2.75) is 32.9 Å². The number of benzene rings is 1. The smallest absolute Gasteiger partial charge is 0.306 e. The molecular weight excluding hydrogens is 268 g/mol. The van der Waals surface area contributed by atoms with E-state index in [0.29, 0.717) is 13.2 Å². The third-order valence-corrected chi connectivity index (χ3v) is 3.99. The minimum Gasteiger partial charge on any atom is -0.494 e. The highest BCUT2D eigenvalue weighted by Gasteiger charge is 2.24. The van der Waals surface area contributed by atoms with Crippen LogP contribution in [0.2, 0.25) is 0 Å². The Bertz CT molecular complexity index is 482. The van der Waals surface area contributed by atoms with Gasteiger partial charge in [0.1, 0.15) is 5.75 Å². The molecule has 3 N–H and O–H groups in total. The van der Waals surface area contributed by atoms with E-state index in [1.54, 1.807) is 0 Å². The highest BCUT2D eigenvalue weighted by Crippen LogP contribution is 2.23. The lowest BCUT2D eigenvalue weighted by molar-refractivity contribution is -0.143. The lowest BCUT2D eigenvalue weighted by Gasteiger charge is -2.30. The highest BCUT2D eigenvalue weighted by molar-refractivity contribution is 5.70. The highest BCUT2D eigenvalue weighted by atomic mass is 16.5. The average molecular weight is 292 g/mol. The van der Waals surface area contributed by atoms with Crippen molar-refractivity contribution >= 4 is 5.97 Å². The molecule has 0 bridgehead atoms. The minimum atomic E-state index is -0.666. The van der Waals surface area contributed by atoms with Crippen LogP contribution in [0.5, 0.6) is 5.75 Å². The van der Waals surface area contributed by atoms with Gasteiger partial charge in [-0.25, -0.2) is 0 Å². The zero-order valence-electron chi connectivity index (χ0n) is 12.5. The molecule has 1 heterocycles. The van der Waals surface area contributed by atoms with Gasteiger partial charge in [0, 0.05) is 18.7 Å². The van der Waals surface area contributed by atoms with Crippen molar-refractivity contribution in [2.75, 3.05) is 19.7 Å². The van der Waals surface area contributed by atoms with Crippen molar-refractivity contribution in [3.8, 4) is 5.75 Å². The van der Waals surface area contributed by atoms with Gasteiger partial charge in [-0.2, -0.15) is 0 Å². The van der Waals surface area contributed by atoms with Gasteiger partial charge in [-0.05, 0) is 44.5 Å². The van der Waals surface area contributed by atoms with Crippen molar-refractivity contribution in [1.82, 2.24) is 4.90 Å². The molecule has 1 aromatic rings. The van der Waals surface area contributed by atoms with Crippen molar-refractivity contribution in [3.63, 3.8) is 0 Å². The molecule has 1 aromatic carbocycles. The second-order valence-corrected chi connectivity index (χ2v) is 5.47. The number of nitrogens with two attached hydrogens (primary N) is 1. The molecular formula is C16H24N2O3. The molecule has 1 aliphatic heterocycles. The molecule has 0 aliphatic carbocycles. The first kappa shape index (κ1) is 15.8. The Labute approximate surface area is 125 Å². The molecule has 0 amide bonds. The Morgan fingerprint density at radius 1 is 1.43 bits per heavy atom. The molecule has 1 aliphatic rings. The van der Waals surface area contributed by atoms with Gasteiger partial charge < -0.3 is 15.6 Å². The van der Waals surface area contributed by atoms with E-state index in [1.165, 1.54) is 5.56 Å². The maximum absolute atomic E-state index is 11.0. The summed E-state index contributed by atoms with van der Waals surface area (Å²) in [6, 6.07) is 6.15. The van der Waals surface area contributed by atoms with E-state index >= 15 is 0 Å². The number of piperidine rings is 1. The van der Waals surface area contributed by atoms with Gasteiger partial charge in [0.15, 0.2) is 0 Å². The SMILES string of the molecule is CCOc1cc(CN2CCC(C(=O)O)CC2)ccc1CN. The van der Waals surface area contributed by atoms with Crippen LogP contribution in [0.15, 0.2) is 18.2 Å². The molecule has 0 radical (unpaired) electrons. The molecule has 0 aromatic heterocycles. The Morgan fingerprint density at radius 3 is 2.71 bits per heavy atom. The largest absolute Gasteiger partial charge is 0.494 e. The first-order chi connectivity index (χ1) is 10.1. The lowest BCUT2D eigenvalue weighted by Crippen LogP contribution is -2.35. The quantitative estimate of drug-likeness (QED) is 0.836. The number of carboxylic acid groups (broad SMARTS) is 1. The van der Waals surface area contributed by atoms with E-state index in [4.69, 9.17) is 15.6 Å². The van der Waals surface area contributed by atoms with Crippen molar-refractivity contribution < 1.29 is 14.6 Å². The van der Waals surface area contributed by atoms with Gasteiger partial charge in [0.25, 0.3) is 0 Å². The van der Waals surface area contributed by atoms with Crippen LogP contribution in [-0.2, 0) is 17.9 Å². The summed E-state index contributed by atoms with van der Waals surface area (Å²) >= 11 is 0. The molecule has 5 heteroatoms. The topological polar surface area (TPSA) is 75.8 Å². The summed E-state index contributed by atoms with van der Waals surface area (Å²) in [7, 11) is 0. The molecule has 0 atom stereocenters. The van der Waals surface area contributed by atoms with Crippen LogP contribution in [-0.4, -0.2) is 35.7 Å². The van der Waals surface area contributed by atoms with E-state index in [0.717, 1.165) is 43.8 Å². The van der Waals surface area contributed by atoms with Gasteiger partial charge >= 0.3 is 5.97 Å². The van der Waals surface area contributed by atoms with Crippen LogP contribution in [0.3, 0.4) is 0 Å². The monoisotopic (exact) mass is 292 g/mol. The van der Waals surface area contributed by atoms with Crippen LogP contribution in [0.25, 0.3) is 0 Å². The number of rotatable bonds is 6. The number of nitrogens with zero attached hydrogens (tertiary/aromatic N) is 1. The predicted octanol–water partition coefficient (Wildman–Crippen LogP) is 1.84. The van der Waals surface area contributed by atoms with Gasteiger partial charge in [0.2, 0.25) is 0 Å². The number of hydrogen-bond acceptors (Lipinski definition) is 4. The number of ether oxygens (including phenoxy) is 1. The van der Waals surface area contributed by atoms with Gasteiger partial charge in [-0.3, -0.25) is 9.69 Å². The molecule has 0 spiro atoms. The first-order valence-corrected chi connectivity index (χ1v) is 7.53. The normalized spacial score (nSPS) is 16.9.